The van der Waals surface area contributed by atoms with Crippen LogP contribution in [0.3, 0.4) is 0 Å². The normalized spacial score (nSPS) is 11.6. The van der Waals surface area contributed by atoms with Gasteiger partial charge in [0.1, 0.15) is 5.69 Å². The van der Waals surface area contributed by atoms with E-state index in [1.165, 1.54) is 16.7 Å². The van der Waals surface area contributed by atoms with E-state index in [0.29, 0.717) is 17.2 Å². The lowest BCUT2D eigenvalue weighted by molar-refractivity contribution is 0.982. The Morgan fingerprint density at radius 2 is 1.71 bits per heavy atom. The van der Waals surface area contributed by atoms with Crippen molar-refractivity contribution in [3.8, 4) is 11.4 Å². The van der Waals surface area contributed by atoms with Crippen molar-refractivity contribution in [2.45, 2.75) is 40.0 Å². The second-order valence-corrected chi connectivity index (χ2v) is 7.03. The molecular weight excluding hydrogens is 382 g/mol. The van der Waals surface area contributed by atoms with Gasteiger partial charge in [0.2, 0.25) is 0 Å². The SMILES string of the molecule is C=NC(C=CNc1cc(CC)c(CC)c(CC)c1)=Nc1cccnc1-c1ccccn1. The highest BCUT2D eigenvalue weighted by Gasteiger charge is 2.08. The van der Waals surface area contributed by atoms with Gasteiger partial charge in [0.15, 0.2) is 5.84 Å². The first kappa shape index (κ1) is 22.1. The molecule has 3 rings (SSSR count). The van der Waals surface area contributed by atoms with Gasteiger partial charge in [-0.2, -0.15) is 0 Å². The molecule has 1 N–H and O–H groups in total. The fourth-order valence-corrected chi connectivity index (χ4v) is 3.61. The van der Waals surface area contributed by atoms with Crippen LogP contribution in [0.15, 0.2) is 77.1 Å². The van der Waals surface area contributed by atoms with Gasteiger partial charge in [-0.1, -0.05) is 26.8 Å². The number of benzene rings is 1. The van der Waals surface area contributed by atoms with Crippen molar-refractivity contribution < 1.29 is 0 Å². The fraction of sp³-hybridized carbons (Fsp3) is 0.231. The van der Waals surface area contributed by atoms with E-state index in [1.807, 2.05) is 42.6 Å². The van der Waals surface area contributed by atoms with Crippen LogP contribution in [0.2, 0.25) is 0 Å². The zero-order chi connectivity index (χ0) is 22.1. The Morgan fingerprint density at radius 1 is 0.968 bits per heavy atom. The number of amidine groups is 1. The number of aliphatic imine (C=N–C) groups is 2. The highest BCUT2D eigenvalue weighted by molar-refractivity contribution is 5.98. The molecule has 0 spiro atoms. The molecular formula is C26H29N5. The molecule has 0 atom stereocenters. The lowest BCUT2D eigenvalue weighted by atomic mass is 9.95. The second kappa shape index (κ2) is 11.0. The molecule has 0 fully saturated rings. The molecule has 0 aliphatic rings. The average molecular weight is 412 g/mol. The number of hydrogen-bond acceptors (Lipinski definition) is 4. The van der Waals surface area contributed by atoms with Gasteiger partial charge < -0.3 is 5.32 Å². The Bertz CT molecular complexity index is 1060. The molecule has 0 unspecified atom stereocenters. The number of hydrogen-bond donors (Lipinski definition) is 1. The molecule has 0 aliphatic carbocycles. The van der Waals surface area contributed by atoms with Crippen molar-refractivity contribution in [1.29, 1.82) is 0 Å². The van der Waals surface area contributed by atoms with E-state index in [9.17, 15) is 0 Å². The minimum atomic E-state index is 0.495. The highest BCUT2D eigenvalue weighted by atomic mass is 14.9. The minimum Gasteiger partial charge on any atom is -0.362 e. The molecule has 0 amide bonds. The molecule has 1 aromatic carbocycles. The van der Waals surface area contributed by atoms with E-state index < -0.39 is 0 Å². The lowest BCUT2D eigenvalue weighted by Gasteiger charge is -2.14. The van der Waals surface area contributed by atoms with Crippen LogP contribution in [0.4, 0.5) is 11.4 Å². The number of pyridine rings is 2. The maximum atomic E-state index is 4.64. The zero-order valence-corrected chi connectivity index (χ0v) is 18.5. The lowest BCUT2D eigenvalue weighted by Crippen LogP contribution is -2.01. The number of nitrogens with one attached hydrogen (secondary N) is 1. The van der Waals surface area contributed by atoms with Gasteiger partial charge in [0.05, 0.1) is 11.4 Å². The van der Waals surface area contributed by atoms with Crippen molar-refractivity contribution in [2.24, 2.45) is 9.98 Å². The predicted molar refractivity (Wildman–Crippen MR) is 131 cm³/mol. The molecule has 158 valence electrons. The van der Waals surface area contributed by atoms with Crippen LogP contribution in [0.25, 0.3) is 11.4 Å². The summed E-state index contributed by atoms with van der Waals surface area (Å²) < 4.78 is 0. The summed E-state index contributed by atoms with van der Waals surface area (Å²) >= 11 is 0. The topological polar surface area (TPSA) is 62.5 Å². The smallest absolute Gasteiger partial charge is 0.153 e. The summed E-state index contributed by atoms with van der Waals surface area (Å²) in [6.45, 7) is 10.3. The first-order valence-corrected chi connectivity index (χ1v) is 10.7. The van der Waals surface area contributed by atoms with Crippen LogP contribution in [0.1, 0.15) is 37.5 Å². The second-order valence-electron chi connectivity index (χ2n) is 7.03. The van der Waals surface area contributed by atoms with Crippen LogP contribution in [-0.4, -0.2) is 22.5 Å². The number of aromatic nitrogens is 2. The number of rotatable bonds is 8. The molecule has 0 bridgehead atoms. The molecule has 2 heterocycles. The van der Waals surface area contributed by atoms with Crippen LogP contribution >= 0.6 is 0 Å². The predicted octanol–water partition coefficient (Wildman–Crippen LogP) is 6.19. The number of nitrogens with zero attached hydrogens (tertiary/aromatic N) is 4. The van der Waals surface area contributed by atoms with E-state index in [2.05, 4.69) is 64.9 Å². The molecule has 31 heavy (non-hydrogen) atoms. The molecule has 0 saturated heterocycles. The third kappa shape index (κ3) is 5.51. The standard InChI is InChI=1S/C26H29N5/c1-5-19-17-21(18-20(6-2)22(19)7-3)28-16-13-25(27-4)31-24-12-10-15-30-26(24)23-11-8-9-14-29-23/h8-18,28H,4-7H2,1-3H3. The maximum absolute atomic E-state index is 4.64. The van der Waals surface area contributed by atoms with Crippen molar-refractivity contribution in [2.75, 3.05) is 5.32 Å². The molecule has 5 heteroatoms. The molecule has 2 aromatic heterocycles. The number of aryl methyl sites for hydroxylation is 2. The summed E-state index contributed by atoms with van der Waals surface area (Å²) in [5.74, 6) is 0.495. The molecule has 0 radical (unpaired) electrons. The van der Waals surface area contributed by atoms with E-state index in [0.717, 1.165) is 30.6 Å². The van der Waals surface area contributed by atoms with Crippen molar-refractivity contribution >= 4 is 23.9 Å². The summed E-state index contributed by atoms with van der Waals surface area (Å²) in [4.78, 5) is 17.5. The summed E-state index contributed by atoms with van der Waals surface area (Å²) in [6.07, 6.45) is 10.2. The van der Waals surface area contributed by atoms with Crippen LogP contribution in [0.5, 0.6) is 0 Å². The Labute approximate surface area is 184 Å². The third-order valence-electron chi connectivity index (χ3n) is 5.12. The van der Waals surface area contributed by atoms with Gasteiger partial charge in [-0.05, 0) is 85.1 Å². The zero-order valence-electron chi connectivity index (χ0n) is 18.5. The van der Waals surface area contributed by atoms with Crippen molar-refractivity contribution in [3.63, 3.8) is 0 Å². The first-order valence-electron chi connectivity index (χ1n) is 10.7. The van der Waals surface area contributed by atoms with Gasteiger partial charge in [0.25, 0.3) is 0 Å². The maximum Gasteiger partial charge on any atom is 0.153 e. The van der Waals surface area contributed by atoms with E-state index in [1.54, 1.807) is 12.4 Å². The Morgan fingerprint density at radius 3 is 2.32 bits per heavy atom. The first-order chi connectivity index (χ1) is 15.2. The Hall–Kier alpha value is -3.60. The fourth-order valence-electron chi connectivity index (χ4n) is 3.61. The van der Waals surface area contributed by atoms with Gasteiger partial charge in [-0.3, -0.25) is 9.97 Å². The van der Waals surface area contributed by atoms with Gasteiger partial charge in [-0.15, -0.1) is 0 Å². The van der Waals surface area contributed by atoms with E-state index in [-0.39, 0.29) is 0 Å². The van der Waals surface area contributed by atoms with Crippen LogP contribution in [-0.2, 0) is 19.3 Å². The third-order valence-corrected chi connectivity index (χ3v) is 5.12. The molecule has 0 saturated carbocycles. The highest BCUT2D eigenvalue weighted by Crippen LogP contribution is 2.26. The summed E-state index contributed by atoms with van der Waals surface area (Å²) in [6, 6.07) is 13.9. The van der Waals surface area contributed by atoms with E-state index >= 15 is 0 Å². The molecule has 3 aromatic rings. The van der Waals surface area contributed by atoms with Crippen molar-refractivity contribution in [1.82, 2.24) is 9.97 Å². The summed E-state index contributed by atoms with van der Waals surface area (Å²) in [7, 11) is 0. The largest absolute Gasteiger partial charge is 0.362 e. The Balaban J connectivity index is 1.85. The van der Waals surface area contributed by atoms with Gasteiger partial charge >= 0.3 is 0 Å². The summed E-state index contributed by atoms with van der Waals surface area (Å²) in [5.41, 5.74) is 7.49. The number of anilines is 1. The van der Waals surface area contributed by atoms with Crippen LogP contribution in [0, 0.1) is 0 Å². The summed E-state index contributed by atoms with van der Waals surface area (Å²) in [5, 5.41) is 3.37. The molecule has 0 aliphatic heterocycles. The van der Waals surface area contributed by atoms with Gasteiger partial charge in [0, 0.05) is 24.3 Å². The van der Waals surface area contributed by atoms with Gasteiger partial charge in [-0.25, -0.2) is 9.98 Å². The minimum absolute atomic E-state index is 0.495. The van der Waals surface area contributed by atoms with E-state index in [4.69, 9.17) is 0 Å². The monoisotopic (exact) mass is 411 g/mol. The van der Waals surface area contributed by atoms with Crippen molar-refractivity contribution in [3.05, 3.63) is 83.8 Å². The van der Waals surface area contributed by atoms with Crippen LogP contribution < -0.4 is 5.32 Å². The molecule has 5 nitrogen and oxygen atoms in total. The Kier molecular flexibility index (Phi) is 7.82. The average Bonchev–Trinajstić information content (AvgIpc) is 2.83. The quantitative estimate of drug-likeness (QED) is 0.355.